The van der Waals surface area contributed by atoms with Gasteiger partial charge in [0.15, 0.2) is 11.6 Å². The minimum atomic E-state index is -0.232. The Kier molecular flexibility index (Phi) is 7.42. The van der Waals surface area contributed by atoms with Crippen LogP contribution in [0.4, 0.5) is 4.39 Å². The van der Waals surface area contributed by atoms with Crippen molar-refractivity contribution in [1.29, 1.82) is 0 Å². The summed E-state index contributed by atoms with van der Waals surface area (Å²) in [5.41, 5.74) is 0.637. The Balaban J connectivity index is 2.09. The van der Waals surface area contributed by atoms with Gasteiger partial charge in [0.2, 0.25) is 0 Å². The molecule has 1 rings (SSSR count). The third-order valence-electron chi connectivity index (χ3n) is 2.91. The van der Waals surface area contributed by atoms with Crippen molar-refractivity contribution < 1.29 is 9.13 Å². The van der Waals surface area contributed by atoms with Crippen LogP contribution in [0.3, 0.4) is 0 Å². The fourth-order valence-corrected chi connectivity index (χ4v) is 1.80. The van der Waals surface area contributed by atoms with E-state index >= 15 is 0 Å². The summed E-state index contributed by atoms with van der Waals surface area (Å²) in [5, 5.41) is 3.30. The molecule has 18 heavy (non-hydrogen) atoms. The lowest BCUT2D eigenvalue weighted by Crippen LogP contribution is -2.13. The summed E-state index contributed by atoms with van der Waals surface area (Å²) >= 11 is 0. The SMILES string of the molecule is CCNCCCCCCOc1cccc(C)c1F. The average molecular weight is 253 g/mol. The summed E-state index contributed by atoms with van der Waals surface area (Å²) in [7, 11) is 0. The van der Waals surface area contributed by atoms with E-state index in [-0.39, 0.29) is 5.82 Å². The van der Waals surface area contributed by atoms with Crippen molar-refractivity contribution in [2.24, 2.45) is 0 Å². The Morgan fingerprint density at radius 1 is 1.17 bits per heavy atom. The maximum atomic E-state index is 13.6. The first-order valence-electron chi connectivity index (χ1n) is 6.84. The maximum absolute atomic E-state index is 13.6. The molecule has 1 aromatic carbocycles. The quantitative estimate of drug-likeness (QED) is 0.678. The molecule has 0 aromatic heterocycles. The van der Waals surface area contributed by atoms with Gasteiger partial charge >= 0.3 is 0 Å². The Labute approximate surface area is 110 Å². The first-order chi connectivity index (χ1) is 8.75. The van der Waals surface area contributed by atoms with Crippen molar-refractivity contribution >= 4 is 0 Å². The molecule has 102 valence electrons. The van der Waals surface area contributed by atoms with Crippen LogP contribution < -0.4 is 10.1 Å². The highest BCUT2D eigenvalue weighted by Gasteiger charge is 2.04. The van der Waals surface area contributed by atoms with Crippen LogP contribution in [0.2, 0.25) is 0 Å². The summed E-state index contributed by atoms with van der Waals surface area (Å²) in [4.78, 5) is 0. The van der Waals surface area contributed by atoms with Gasteiger partial charge < -0.3 is 10.1 Å². The fourth-order valence-electron chi connectivity index (χ4n) is 1.80. The van der Waals surface area contributed by atoms with Crippen LogP contribution in [0, 0.1) is 12.7 Å². The number of halogens is 1. The zero-order valence-electron chi connectivity index (χ0n) is 11.5. The highest BCUT2D eigenvalue weighted by Crippen LogP contribution is 2.19. The van der Waals surface area contributed by atoms with Crippen molar-refractivity contribution in [3.05, 3.63) is 29.6 Å². The summed E-state index contributed by atoms with van der Waals surface area (Å²) in [5.74, 6) is 0.146. The van der Waals surface area contributed by atoms with E-state index in [1.807, 2.05) is 6.07 Å². The molecule has 0 unspecified atom stereocenters. The van der Waals surface area contributed by atoms with Crippen LogP contribution in [-0.2, 0) is 0 Å². The standard InChI is InChI=1S/C15H24FNO/c1-3-17-11-6-4-5-7-12-18-14-10-8-9-13(2)15(14)16/h8-10,17H,3-7,11-12H2,1-2H3. The average Bonchev–Trinajstić information content (AvgIpc) is 2.37. The van der Waals surface area contributed by atoms with E-state index in [0.29, 0.717) is 17.9 Å². The summed E-state index contributed by atoms with van der Waals surface area (Å²) in [6, 6.07) is 5.26. The van der Waals surface area contributed by atoms with Crippen molar-refractivity contribution in [2.75, 3.05) is 19.7 Å². The van der Waals surface area contributed by atoms with Gasteiger partial charge in [0.25, 0.3) is 0 Å². The molecule has 0 heterocycles. The fraction of sp³-hybridized carbons (Fsp3) is 0.600. The molecule has 1 N–H and O–H groups in total. The molecule has 0 saturated carbocycles. The molecular formula is C15H24FNO. The van der Waals surface area contributed by atoms with Crippen LogP contribution in [0.15, 0.2) is 18.2 Å². The van der Waals surface area contributed by atoms with E-state index in [4.69, 9.17) is 4.74 Å². The van der Waals surface area contributed by atoms with E-state index < -0.39 is 0 Å². The number of unbranched alkanes of at least 4 members (excludes halogenated alkanes) is 3. The van der Waals surface area contributed by atoms with Gasteiger partial charge in [-0.15, -0.1) is 0 Å². The second-order valence-corrected chi connectivity index (χ2v) is 4.50. The third kappa shape index (κ3) is 5.50. The minimum Gasteiger partial charge on any atom is -0.491 e. The van der Waals surface area contributed by atoms with Crippen LogP contribution >= 0.6 is 0 Å². The number of nitrogens with one attached hydrogen (secondary N) is 1. The Morgan fingerprint density at radius 2 is 1.94 bits per heavy atom. The molecular weight excluding hydrogens is 229 g/mol. The van der Waals surface area contributed by atoms with E-state index in [9.17, 15) is 4.39 Å². The minimum absolute atomic E-state index is 0.232. The monoisotopic (exact) mass is 253 g/mol. The summed E-state index contributed by atoms with van der Waals surface area (Å²) in [6.07, 6.45) is 4.53. The first kappa shape index (κ1) is 15.0. The molecule has 0 radical (unpaired) electrons. The van der Waals surface area contributed by atoms with E-state index in [0.717, 1.165) is 25.9 Å². The van der Waals surface area contributed by atoms with Gasteiger partial charge in [-0.1, -0.05) is 31.9 Å². The number of hydrogen-bond acceptors (Lipinski definition) is 2. The van der Waals surface area contributed by atoms with Gasteiger partial charge in [-0.3, -0.25) is 0 Å². The molecule has 2 nitrogen and oxygen atoms in total. The molecule has 0 aliphatic heterocycles. The number of benzene rings is 1. The lowest BCUT2D eigenvalue weighted by Gasteiger charge is -2.08. The Hall–Kier alpha value is -1.09. The van der Waals surface area contributed by atoms with Crippen molar-refractivity contribution in [2.45, 2.75) is 39.5 Å². The van der Waals surface area contributed by atoms with Gasteiger partial charge in [0.05, 0.1) is 6.61 Å². The predicted molar refractivity (Wildman–Crippen MR) is 73.6 cm³/mol. The Morgan fingerprint density at radius 3 is 2.72 bits per heavy atom. The first-order valence-corrected chi connectivity index (χ1v) is 6.84. The van der Waals surface area contributed by atoms with E-state index in [1.54, 1.807) is 19.1 Å². The number of aryl methyl sites for hydroxylation is 1. The highest BCUT2D eigenvalue weighted by atomic mass is 19.1. The van der Waals surface area contributed by atoms with E-state index in [2.05, 4.69) is 12.2 Å². The van der Waals surface area contributed by atoms with Gasteiger partial charge in [-0.25, -0.2) is 4.39 Å². The zero-order chi connectivity index (χ0) is 13.2. The number of rotatable bonds is 9. The molecule has 3 heteroatoms. The van der Waals surface area contributed by atoms with Crippen LogP contribution in [0.1, 0.15) is 38.2 Å². The lowest BCUT2D eigenvalue weighted by atomic mass is 10.2. The second kappa shape index (κ2) is 8.92. The molecule has 0 atom stereocenters. The normalized spacial score (nSPS) is 10.6. The van der Waals surface area contributed by atoms with E-state index in [1.165, 1.54) is 12.8 Å². The molecule has 0 bridgehead atoms. The topological polar surface area (TPSA) is 21.3 Å². The molecule has 0 aliphatic rings. The number of ether oxygens (including phenoxy) is 1. The smallest absolute Gasteiger partial charge is 0.167 e. The molecule has 0 fully saturated rings. The molecule has 0 saturated heterocycles. The van der Waals surface area contributed by atoms with Crippen LogP contribution in [0.25, 0.3) is 0 Å². The Bertz CT molecular complexity index is 341. The largest absolute Gasteiger partial charge is 0.491 e. The molecule has 0 aliphatic carbocycles. The zero-order valence-corrected chi connectivity index (χ0v) is 11.5. The molecule has 1 aromatic rings. The molecule has 0 amide bonds. The van der Waals surface area contributed by atoms with Crippen LogP contribution in [0.5, 0.6) is 5.75 Å². The highest BCUT2D eigenvalue weighted by molar-refractivity contribution is 5.29. The predicted octanol–water partition coefficient (Wildman–Crippen LogP) is 3.68. The van der Waals surface area contributed by atoms with Crippen molar-refractivity contribution in [3.63, 3.8) is 0 Å². The van der Waals surface area contributed by atoms with Gasteiger partial charge in [0.1, 0.15) is 0 Å². The third-order valence-corrected chi connectivity index (χ3v) is 2.91. The number of hydrogen-bond donors (Lipinski definition) is 1. The summed E-state index contributed by atoms with van der Waals surface area (Å²) < 4.78 is 19.0. The summed E-state index contributed by atoms with van der Waals surface area (Å²) in [6.45, 7) is 6.59. The molecule has 0 spiro atoms. The maximum Gasteiger partial charge on any atom is 0.167 e. The van der Waals surface area contributed by atoms with Gasteiger partial charge in [-0.2, -0.15) is 0 Å². The van der Waals surface area contributed by atoms with Gasteiger partial charge in [-0.05, 0) is 44.5 Å². The second-order valence-electron chi connectivity index (χ2n) is 4.50. The lowest BCUT2D eigenvalue weighted by molar-refractivity contribution is 0.289. The van der Waals surface area contributed by atoms with Gasteiger partial charge in [0, 0.05) is 0 Å². The van der Waals surface area contributed by atoms with Crippen molar-refractivity contribution in [1.82, 2.24) is 5.32 Å². The van der Waals surface area contributed by atoms with Crippen LogP contribution in [-0.4, -0.2) is 19.7 Å². The van der Waals surface area contributed by atoms with Crippen molar-refractivity contribution in [3.8, 4) is 5.75 Å².